The van der Waals surface area contributed by atoms with Gasteiger partial charge in [0.2, 0.25) is 5.91 Å². The minimum Gasteiger partial charge on any atom is -0.444 e. The molecule has 4 rings (SSSR count). The van der Waals surface area contributed by atoms with Gasteiger partial charge in [-0.25, -0.2) is 9.18 Å². The molecule has 0 saturated heterocycles. The number of fused-ring (bicyclic) bond motifs is 1. The molecule has 35 heavy (non-hydrogen) atoms. The van der Waals surface area contributed by atoms with Gasteiger partial charge in [-0.3, -0.25) is 4.79 Å². The van der Waals surface area contributed by atoms with Crippen molar-refractivity contribution in [2.45, 2.75) is 32.2 Å². The van der Waals surface area contributed by atoms with Crippen molar-refractivity contribution in [2.24, 2.45) is 5.73 Å². The Morgan fingerprint density at radius 1 is 1.03 bits per heavy atom. The molecule has 9 heteroatoms. The first-order valence-corrected chi connectivity index (χ1v) is 11.2. The van der Waals surface area contributed by atoms with E-state index >= 15 is 4.39 Å². The van der Waals surface area contributed by atoms with E-state index < -0.39 is 29.2 Å². The van der Waals surface area contributed by atoms with Crippen LogP contribution in [0.2, 0.25) is 5.02 Å². The summed E-state index contributed by atoms with van der Waals surface area (Å²) in [4.78, 5) is 24.5. The standard InChI is InChI=1S/C26H24ClFN2O5/c1-25(2,3)35-24(32)30-14-26(15-8-5-4-6-9-15)33-19-13-12-17(27)21(22(19)34-26)20-16(23(29)31)10-7-11-18(20)28/h4-13H,14H2,1-3H3,(H2,29,31)(H,30,32). The molecule has 0 spiro atoms. The highest BCUT2D eigenvalue weighted by Gasteiger charge is 2.46. The van der Waals surface area contributed by atoms with Crippen LogP contribution >= 0.6 is 11.6 Å². The van der Waals surface area contributed by atoms with Crippen LogP contribution in [0.5, 0.6) is 11.5 Å². The Morgan fingerprint density at radius 2 is 1.74 bits per heavy atom. The van der Waals surface area contributed by atoms with E-state index in [4.69, 9.17) is 31.5 Å². The van der Waals surface area contributed by atoms with Crippen LogP contribution in [0.4, 0.5) is 9.18 Å². The van der Waals surface area contributed by atoms with E-state index in [-0.39, 0.29) is 39.8 Å². The van der Waals surface area contributed by atoms with Gasteiger partial charge in [0.05, 0.1) is 16.1 Å². The van der Waals surface area contributed by atoms with Crippen LogP contribution in [0.25, 0.3) is 11.1 Å². The van der Waals surface area contributed by atoms with Gasteiger partial charge in [-0.2, -0.15) is 0 Å². The molecule has 1 aliphatic heterocycles. The molecule has 0 fully saturated rings. The fourth-order valence-electron chi connectivity index (χ4n) is 3.79. The van der Waals surface area contributed by atoms with Gasteiger partial charge >= 0.3 is 6.09 Å². The Bertz CT molecular complexity index is 1290. The van der Waals surface area contributed by atoms with E-state index in [2.05, 4.69) is 5.32 Å². The van der Waals surface area contributed by atoms with Crippen LogP contribution in [-0.2, 0) is 10.5 Å². The first kappa shape index (κ1) is 24.3. The Hall–Kier alpha value is -3.78. The Labute approximate surface area is 206 Å². The number of hydrogen-bond donors (Lipinski definition) is 2. The maximum Gasteiger partial charge on any atom is 0.407 e. The number of rotatable bonds is 5. The molecule has 3 N–H and O–H groups in total. The first-order valence-electron chi connectivity index (χ1n) is 10.8. The molecule has 0 aliphatic carbocycles. The van der Waals surface area contributed by atoms with E-state index in [1.165, 1.54) is 24.3 Å². The van der Waals surface area contributed by atoms with Gasteiger partial charge in [-0.1, -0.05) is 48.0 Å². The monoisotopic (exact) mass is 498 g/mol. The highest BCUT2D eigenvalue weighted by Crippen LogP contribution is 2.52. The normalized spacial score (nSPS) is 16.6. The highest BCUT2D eigenvalue weighted by molar-refractivity contribution is 6.34. The van der Waals surface area contributed by atoms with Crippen molar-refractivity contribution in [3.63, 3.8) is 0 Å². The van der Waals surface area contributed by atoms with Crippen LogP contribution in [0.1, 0.15) is 36.7 Å². The van der Waals surface area contributed by atoms with Gasteiger partial charge in [0.1, 0.15) is 18.0 Å². The number of carbonyl (C=O) groups is 2. The zero-order valence-electron chi connectivity index (χ0n) is 19.4. The predicted octanol–water partition coefficient (Wildman–Crippen LogP) is 5.39. The average Bonchev–Trinajstić information content (AvgIpc) is 3.17. The maximum atomic E-state index is 15.0. The number of amides is 2. The molecule has 1 heterocycles. The van der Waals surface area contributed by atoms with E-state index in [1.54, 1.807) is 51.1 Å². The average molecular weight is 499 g/mol. The number of hydrogen-bond acceptors (Lipinski definition) is 5. The van der Waals surface area contributed by atoms with Crippen molar-refractivity contribution >= 4 is 23.6 Å². The second-order valence-corrected chi connectivity index (χ2v) is 9.36. The number of halogens is 2. The maximum absolute atomic E-state index is 15.0. The lowest BCUT2D eigenvalue weighted by Crippen LogP contribution is -2.48. The van der Waals surface area contributed by atoms with Crippen molar-refractivity contribution in [2.75, 3.05) is 6.54 Å². The van der Waals surface area contributed by atoms with E-state index in [1.807, 2.05) is 6.07 Å². The number of primary amides is 1. The number of benzene rings is 3. The minimum atomic E-state index is -1.52. The zero-order valence-corrected chi connectivity index (χ0v) is 20.1. The fourth-order valence-corrected chi connectivity index (χ4v) is 4.03. The molecule has 2 amide bonds. The predicted molar refractivity (Wildman–Crippen MR) is 129 cm³/mol. The molecular weight excluding hydrogens is 475 g/mol. The lowest BCUT2D eigenvalue weighted by molar-refractivity contribution is -0.0838. The fraction of sp³-hybridized carbons (Fsp3) is 0.231. The molecule has 0 bridgehead atoms. The lowest BCUT2D eigenvalue weighted by atomic mass is 9.97. The Balaban J connectivity index is 1.80. The SMILES string of the molecule is CC(C)(C)OC(=O)NCC1(c2ccccc2)Oc2ccc(Cl)c(-c3c(F)cccc3C(N)=O)c2O1. The second kappa shape index (κ2) is 9.11. The van der Waals surface area contributed by atoms with E-state index in [9.17, 15) is 9.59 Å². The number of carbonyl (C=O) groups excluding carboxylic acids is 2. The van der Waals surface area contributed by atoms with Crippen molar-refractivity contribution in [3.8, 4) is 22.6 Å². The molecule has 7 nitrogen and oxygen atoms in total. The molecule has 182 valence electrons. The minimum absolute atomic E-state index is 0.0620. The van der Waals surface area contributed by atoms with Crippen molar-refractivity contribution in [3.05, 3.63) is 82.6 Å². The Kier molecular flexibility index (Phi) is 6.34. The van der Waals surface area contributed by atoms with E-state index in [0.29, 0.717) is 5.56 Å². The van der Waals surface area contributed by atoms with Crippen LogP contribution < -0.4 is 20.5 Å². The smallest absolute Gasteiger partial charge is 0.407 e. The molecule has 1 atom stereocenters. The van der Waals surface area contributed by atoms with Crippen LogP contribution in [0.15, 0.2) is 60.7 Å². The van der Waals surface area contributed by atoms with Crippen LogP contribution in [-0.4, -0.2) is 24.1 Å². The summed E-state index contributed by atoms with van der Waals surface area (Å²) in [5.41, 5.74) is 5.34. The van der Waals surface area contributed by atoms with Crippen molar-refractivity contribution < 1.29 is 28.2 Å². The van der Waals surface area contributed by atoms with Gasteiger partial charge in [0.25, 0.3) is 5.79 Å². The molecule has 0 radical (unpaired) electrons. The van der Waals surface area contributed by atoms with Gasteiger partial charge in [0, 0.05) is 11.1 Å². The molecule has 0 aromatic heterocycles. The van der Waals surface area contributed by atoms with Crippen molar-refractivity contribution in [1.29, 1.82) is 0 Å². The van der Waals surface area contributed by atoms with Crippen LogP contribution in [0.3, 0.4) is 0 Å². The van der Waals surface area contributed by atoms with Gasteiger partial charge in [0.15, 0.2) is 11.5 Å². The third-order valence-electron chi connectivity index (χ3n) is 5.22. The number of alkyl carbamates (subject to hydrolysis) is 1. The highest BCUT2D eigenvalue weighted by atomic mass is 35.5. The summed E-state index contributed by atoms with van der Waals surface area (Å²) in [6.45, 7) is 5.10. The number of nitrogens with one attached hydrogen (secondary N) is 1. The van der Waals surface area contributed by atoms with Gasteiger partial charge in [-0.15, -0.1) is 0 Å². The molecule has 3 aromatic carbocycles. The third kappa shape index (κ3) is 4.88. The largest absolute Gasteiger partial charge is 0.444 e. The van der Waals surface area contributed by atoms with Crippen molar-refractivity contribution in [1.82, 2.24) is 5.32 Å². The van der Waals surface area contributed by atoms with Gasteiger partial charge in [-0.05, 0) is 45.0 Å². The summed E-state index contributed by atoms with van der Waals surface area (Å²) in [5, 5.41) is 2.81. The summed E-state index contributed by atoms with van der Waals surface area (Å²) in [6.07, 6.45) is -0.667. The summed E-state index contributed by atoms with van der Waals surface area (Å²) < 4.78 is 32.9. The second-order valence-electron chi connectivity index (χ2n) is 8.95. The first-order chi connectivity index (χ1) is 16.5. The Morgan fingerprint density at radius 3 is 2.40 bits per heavy atom. The quantitative estimate of drug-likeness (QED) is 0.491. The van der Waals surface area contributed by atoms with Gasteiger partial charge < -0.3 is 25.3 Å². The molecule has 0 saturated carbocycles. The topological polar surface area (TPSA) is 99.9 Å². The van der Waals surface area contributed by atoms with E-state index in [0.717, 1.165) is 0 Å². The summed E-state index contributed by atoms with van der Waals surface area (Å²) >= 11 is 6.49. The molecule has 1 aliphatic rings. The number of nitrogens with two attached hydrogens (primary N) is 1. The molecular formula is C26H24ClFN2O5. The summed E-state index contributed by atoms with van der Waals surface area (Å²) in [7, 11) is 0. The summed E-state index contributed by atoms with van der Waals surface area (Å²) in [6, 6.07) is 16.0. The molecule has 3 aromatic rings. The number of ether oxygens (including phenoxy) is 3. The summed E-state index contributed by atoms with van der Waals surface area (Å²) in [5.74, 6) is -2.69. The zero-order chi connectivity index (χ0) is 25.4. The van der Waals surface area contributed by atoms with Crippen LogP contribution in [0, 0.1) is 5.82 Å². The molecule has 1 unspecified atom stereocenters. The third-order valence-corrected chi connectivity index (χ3v) is 5.53. The lowest BCUT2D eigenvalue weighted by Gasteiger charge is -2.29.